The minimum Gasteiger partial charge on any atom is -0.495 e. The average molecular weight is 353 g/mol. The maximum absolute atomic E-state index is 12.5. The summed E-state index contributed by atoms with van der Waals surface area (Å²) in [6.45, 7) is 1.75. The SMILES string of the molecule is COc1ccc(Cl)cc1NC(=O)C1CC(=O)N(CC2CCCO2)C1. The van der Waals surface area contributed by atoms with Crippen LogP contribution in [0.3, 0.4) is 0 Å². The number of benzene rings is 1. The highest BCUT2D eigenvalue weighted by atomic mass is 35.5. The second-order valence-corrected chi connectivity index (χ2v) is 6.61. The van der Waals surface area contributed by atoms with Crippen LogP contribution >= 0.6 is 11.6 Å². The number of nitrogens with zero attached hydrogens (tertiary/aromatic N) is 1. The lowest BCUT2D eigenvalue weighted by Crippen LogP contribution is -2.34. The van der Waals surface area contributed by atoms with E-state index in [4.69, 9.17) is 21.1 Å². The number of ether oxygens (including phenoxy) is 2. The Morgan fingerprint density at radius 3 is 3.04 bits per heavy atom. The first-order valence-electron chi connectivity index (χ1n) is 8.10. The summed E-state index contributed by atoms with van der Waals surface area (Å²) in [5.41, 5.74) is 0.514. The van der Waals surface area contributed by atoms with Crippen molar-refractivity contribution in [1.29, 1.82) is 0 Å². The molecule has 130 valence electrons. The number of amides is 2. The minimum atomic E-state index is -0.373. The van der Waals surface area contributed by atoms with Gasteiger partial charge in [0.05, 0.1) is 24.8 Å². The van der Waals surface area contributed by atoms with E-state index < -0.39 is 0 Å². The molecule has 0 radical (unpaired) electrons. The van der Waals surface area contributed by atoms with E-state index in [9.17, 15) is 9.59 Å². The zero-order chi connectivity index (χ0) is 17.1. The van der Waals surface area contributed by atoms with Crippen molar-refractivity contribution in [3.05, 3.63) is 23.2 Å². The number of anilines is 1. The number of methoxy groups -OCH3 is 1. The number of carbonyl (C=O) groups is 2. The molecule has 2 fully saturated rings. The molecule has 1 N–H and O–H groups in total. The molecule has 2 unspecified atom stereocenters. The third-order valence-corrected chi connectivity index (χ3v) is 4.69. The molecule has 0 aliphatic carbocycles. The Kier molecular flexibility index (Phi) is 5.26. The summed E-state index contributed by atoms with van der Waals surface area (Å²) < 4.78 is 10.8. The Morgan fingerprint density at radius 2 is 2.33 bits per heavy atom. The smallest absolute Gasteiger partial charge is 0.229 e. The molecule has 2 saturated heterocycles. The average Bonchev–Trinajstić information content (AvgIpc) is 3.18. The van der Waals surface area contributed by atoms with Crippen molar-refractivity contribution >= 4 is 29.1 Å². The highest BCUT2D eigenvalue weighted by Crippen LogP contribution is 2.29. The van der Waals surface area contributed by atoms with Gasteiger partial charge in [-0.25, -0.2) is 0 Å². The van der Waals surface area contributed by atoms with Gasteiger partial charge in [-0.1, -0.05) is 11.6 Å². The molecule has 3 rings (SSSR count). The van der Waals surface area contributed by atoms with Gasteiger partial charge in [0.1, 0.15) is 5.75 Å². The van der Waals surface area contributed by atoms with Crippen molar-refractivity contribution in [2.75, 3.05) is 32.1 Å². The summed E-state index contributed by atoms with van der Waals surface area (Å²) in [7, 11) is 1.53. The van der Waals surface area contributed by atoms with E-state index >= 15 is 0 Å². The van der Waals surface area contributed by atoms with Crippen LogP contribution in [0.25, 0.3) is 0 Å². The Bertz CT molecular complexity index is 631. The van der Waals surface area contributed by atoms with Crippen LogP contribution < -0.4 is 10.1 Å². The standard InChI is InChI=1S/C17H21ClN2O4/c1-23-15-5-4-12(18)8-14(15)19-17(22)11-7-16(21)20(9-11)10-13-3-2-6-24-13/h4-5,8,11,13H,2-3,6-7,9-10H2,1H3,(H,19,22). The molecular formula is C17H21ClN2O4. The van der Waals surface area contributed by atoms with Gasteiger partial charge >= 0.3 is 0 Å². The summed E-state index contributed by atoms with van der Waals surface area (Å²) in [5.74, 6) is -0.0293. The van der Waals surface area contributed by atoms with Gasteiger partial charge in [-0.05, 0) is 31.0 Å². The van der Waals surface area contributed by atoms with Crippen LogP contribution in [0.1, 0.15) is 19.3 Å². The molecule has 1 aromatic carbocycles. The van der Waals surface area contributed by atoms with Crippen LogP contribution in [0, 0.1) is 5.92 Å². The second kappa shape index (κ2) is 7.40. The second-order valence-electron chi connectivity index (χ2n) is 6.17. The van der Waals surface area contributed by atoms with Gasteiger partial charge in [0.25, 0.3) is 0 Å². The molecule has 0 bridgehead atoms. The molecule has 2 amide bonds. The highest BCUT2D eigenvalue weighted by Gasteiger charge is 2.36. The summed E-state index contributed by atoms with van der Waals surface area (Å²) in [6, 6.07) is 5.03. The fourth-order valence-corrected chi connectivity index (χ4v) is 3.34. The first-order chi connectivity index (χ1) is 11.6. The van der Waals surface area contributed by atoms with Gasteiger partial charge in [-0.2, -0.15) is 0 Å². The van der Waals surface area contributed by atoms with Crippen LogP contribution in [0.2, 0.25) is 5.02 Å². The fraction of sp³-hybridized carbons (Fsp3) is 0.529. The lowest BCUT2D eigenvalue weighted by atomic mass is 10.1. The van der Waals surface area contributed by atoms with E-state index in [0.29, 0.717) is 29.5 Å². The Labute approximate surface area is 146 Å². The van der Waals surface area contributed by atoms with Crippen molar-refractivity contribution in [3.8, 4) is 5.75 Å². The van der Waals surface area contributed by atoms with Gasteiger partial charge < -0.3 is 19.7 Å². The van der Waals surface area contributed by atoms with Crippen molar-refractivity contribution in [3.63, 3.8) is 0 Å². The van der Waals surface area contributed by atoms with Gasteiger partial charge in [0.15, 0.2) is 0 Å². The van der Waals surface area contributed by atoms with Crippen LogP contribution in [0.4, 0.5) is 5.69 Å². The topological polar surface area (TPSA) is 67.9 Å². The number of carbonyl (C=O) groups excluding carboxylic acids is 2. The predicted molar refractivity (Wildman–Crippen MR) is 90.3 cm³/mol. The van der Waals surface area contributed by atoms with Gasteiger partial charge in [0.2, 0.25) is 11.8 Å². The molecule has 0 saturated carbocycles. The van der Waals surface area contributed by atoms with Crippen molar-refractivity contribution in [2.45, 2.75) is 25.4 Å². The Hall–Kier alpha value is -1.79. The van der Waals surface area contributed by atoms with Crippen molar-refractivity contribution in [1.82, 2.24) is 4.90 Å². The number of rotatable bonds is 5. The van der Waals surface area contributed by atoms with Crippen molar-refractivity contribution in [2.24, 2.45) is 5.92 Å². The van der Waals surface area contributed by atoms with Crippen LogP contribution in [0.5, 0.6) is 5.75 Å². The largest absolute Gasteiger partial charge is 0.495 e. The fourth-order valence-electron chi connectivity index (χ4n) is 3.17. The van der Waals surface area contributed by atoms with Crippen LogP contribution in [-0.2, 0) is 14.3 Å². The van der Waals surface area contributed by atoms with E-state index in [-0.39, 0.29) is 30.3 Å². The minimum absolute atomic E-state index is 0.00343. The maximum atomic E-state index is 12.5. The number of halogens is 1. The molecule has 6 nitrogen and oxygen atoms in total. The van der Waals surface area contributed by atoms with Crippen molar-refractivity contribution < 1.29 is 19.1 Å². The normalized spacial score (nSPS) is 23.6. The summed E-state index contributed by atoms with van der Waals surface area (Å²) in [4.78, 5) is 26.4. The number of hydrogen-bond donors (Lipinski definition) is 1. The maximum Gasteiger partial charge on any atom is 0.229 e. The van der Waals surface area contributed by atoms with E-state index in [2.05, 4.69) is 5.32 Å². The zero-order valence-electron chi connectivity index (χ0n) is 13.6. The molecule has 0 spiro atoms. The quantitative estimate of drug-likeness (QED) is 0.883. The van der Waals surface area contributed by atoms with Gasteiger partial charge in [-0.15, -0.1) is 0 Å². The monoisotopic (exact) mass is 352 g/mol. The molecule has 0 aromatic heterocycles. The van der Waals surface area contributed by atoms with Crippen LogP contribution in [-0.4, -0.2) is 49.6 Å². The summed E-state index contributed by atoms with van der Waals surface area (Å²) in [6.07, 6.45) is 2.33. The summed E-state index contributed by atoms with van der Waals surface area (Å²) in [5, 5.41) is 3.33. The lowest BCUT2D eigenvalue weighted by molar-refractivity contribution is -0.129. The zero-order valence-corrected chi connectivity index (χ0v) is 14.3. The lowest BCUT2D eigenvalue weighted by Gasteiger charge is -2.20. The first-order valence-corrected chi connectivity index (χ1v) is 8.48. The van der Waals surface area contributed by atoms with Crippen LogP contribution in [0.15, 0.2) is 18.2 Å². The highest BCUT2D eigenvalue weighted by molar-refractivity contribution is 6.31. The molecular weight excluding hydrogens is 332 g/mol. The molecule has 24 heavy (non-hydrogen) atoms. The van der Waals surface area contributed by atoms with E-state index in [0.717, 1.165) is 19.4 Å². The summed E-state index contributed by atoms with van der Waals surface area (Å²) >= 11 is 5.98. The molecule has 7 heteroatoms. The van der Waals surface area contributed by atoms with Gasteiger partial charge in [0, 0.05) is 31.1 Å². The number of hydrogen-bond acceptors (Lipinski definition) is 4. The van der Waals surface area contributed by atoms with Gasteiger partial charge in [-0.3, -0.25) is 9.59 Å². The molecule has 2 heterocycles. The number of nitrogens with one attached hydrogen (secondary N) is 1. The molecule has 2 aliphatic rings. The molecule has 2 atom stereocenters. The van der Waals surface area contributed by atoms with E-state index in [1.165, 1.54) is 7.11 Å². The Balaban J connectivity index is 1.61. The van der Waals surface area contributed by atoms with E-state index in [1.54, 1.807) is 23.1 Å². The molecule has 2 aliphatic heterocycles. The molecule has 1 aromatic rings. The third-order valence-electron chi connectivity index (χ3n) is 4.45. The van der Waals surface area contributed by atoms with E-state index in [1.807, 2.05) is 0 Å². The predicted octanol–water partition coefficient (Wildman–Crippen LogP) is 2.31. The third kappa shape index (κ3) is 3.82. The first kappa shape index (κ1) is 17.0. The Morgan fingerprint density at radius 1 is 1.50 bits per heavy atom. The number of likely N-dealkylation sites (tertiary alicyclic amines) is 1.